The van der Waals surface area contributed by atoms with Gasteiger partial charge in [-0.3, -0.25) is 4.79 Å². The summed E-state index contributed by atoms with van der Waals surface area (Å²) in [7, 11) is 0. The summed E-state index contributed by atoms with van der Waals surface area (Å²) in [5.74, 6) is 0.0915. The third kappa shape index (κ3) is 2.08. The zero-order chi connectivity index (χ0) is 12.5. The van der Waals surface area contributed by atoms with Gasteiger partial charge in [-0.1, -0.05) is 6.58 Å². The summed E-state index contributed by atoms with van der Waals surface area (Å²) in [6, 6.07) is 0. The Morgan fingerprint density at radius 3 is 1.69 bits per heavy atom. The molecule has 0 aliphatic rings. The SMILES string of the molecule is C=CC(=O)Cc1c(C)c(C)c(C)c(C)c1C. The van der Waals surface area contributed by atoms with E-state index in [0.29, 0.717) is 6.42 Å². The van der Waals surface area contributed by atoms with Gasteiger partial charge >= 0.3 is 0 Å². The van der Waals surface area contributed by atoms with E-state index >= 15 is 0 Å². The fourth-order valence-electron chi connectivity index (χ4n) is 2.09. The van der Waals surface area contributed by atoms with Gasteiger partial charge in [-0.2, -0.15) is 0 Å². The van der Waals surface area contributed by atoms with E-state index in [1.807, 2.05) is 0 Å². The predicted molar refractivity (Wildman–Crippen MR) is 69.0 cm³/mol. The van der Waals surface area contributed by atoms with Crippen LogP contribution in [0.5, 0.6) is 0 Å². The van der Waals surface area contributed by atoms with Crippen molar-refractivity contribution in [1.82, 2.24) is 0 Å². The molecule has 0 saturated heterocycles. The first-order valence-corrected chi connectivity index (χ1v) is 5.61. The zero-order valence-electron chi connectivity index (χ0n) is 10.9. The minimum atomic E-state index is 0.0915. The summed E-state index contributed by atoms with van der Waals surface area (Å²) in [6.45, 7) is 14.1. The van der Waals surface area contributed by atoms with E-state index in [1.165, 1.54) is 39.5 Å². The van der Waals surface area contributed by atoms with Gasteiger partial charge in [-0.05, 0) is 74.1 Å². The van der Waals surface area contributed by atoms with Crippen LogP contribution in [0.15, 0.2) is 12.7 Å². The quantitative estimate of drug-likeness (QED) is 0.706. The summed E-state index contributed by atoms with van der Waals surface area (Å²) in [4.78, 5) is 11.5. The van der Waals surface area contributed by atoms with Gasteiger partial charge in [0, 0.05) is 6.42 Å². The molecular formula is C15H20O. The lowest BCUT2D eigenvalue weighted by Gasteiger charge is -2.17. The van der Waals surface area contributed by atoms with Crippen LogP contribution in [0.2, 0.25) is 0 Å². The number of carbonyl (C=O) groups excluding carboxylic acids is 1. The van der Waals surface area contributed by atoms with Crippen molar-refractivity contribution < 1.29 is 4.79 Å². The normalized spacial score (nSPS) is 10.3. The van der Waals surface area contributed by atoms with E-state index in [1.54, 1.807) is 0 Å². The average molecular weight is 216 g/mol. The van der Waals surface area contributed by atoms with E-state index in [4.69, 9.17) is 0 Å². The molecule has 0 aliphatic carbocycles. The molecule has 1 heteroatoms. The molecule has 0 N–H and O–H groups in total. The Labute approximate surface area is 98.2 Å². The molecule has 0 spiro atoms. The van der Waals surface area contributed by atoms with Crippen LogP contribution in [0.4, 0.5) is 0 Å². The van der Waals surface area contributed by atoms with Crippen LogP contribution in [-0.2, 0) is 11.2 Å². The molecule has 1 aromatic carbocycles. The second-order valence-corrected chi connectivity index (χ2v) is 4.45. The van der Waals surface area contributed by atoms with E-state index in [-0.39, 0.29) is 5.78 Å². The van der Waals surface area contributed by atoms with Crippen molar-refractivity contribution in [3.05, 3.63) is 46.0 Å². The second-order valence-electron chi connectivity index (χ2n) is 4.45. The number of carbonyl (C=O) groups is 1. The van der Waals surface area contributed by atoms with E-state index in [2.05, 4.69) is 41.2 Å². The third-order valence-electron chi connectivity index (χ3n) is 3.73. The maximum absolute atomic E-state index is 11.5. The predicted octanol–water partition coefficient (Wildman–Crippen LogP) is 3.53. The van der Waals surface area contributed by atoms with Crippen LogP contribution < -0.4 is 0 Å². The molecule has 0 aromatic heterocycles. The van der Waals surface area contributed by atoms with Gasteiger partial charge in [0.1, 0.15) is 0 Å². The fourth-order valence-corrected chi connectivity index (χ4v) is 2.09. The van der Waals surface area contributed by atoms with E-state index in [9.17, 15) is 4.79 Å². The van der Waals surface area contributed by atoms with Crippen molar-refractivity contribution in [2.24, 2.45) is 0 Å². The Balaban J connectivity index is 3.39. The topological polar surface area (TPSA) is 17.1 Å². The Bertz CT molecular complexity index is 424. The first kappa shape index (κ1) is 12.7. The highest BCUT2D eigenvalue weighted by Crippen LogP contribution is 2.26. The van der Waals surface area contributed by atoms with Gasteiger partial charge in [0.2, 0.25) is 0 Å². The summed E-state index contributed by atoms with van der Waals surface area (Å²) in [5, 5.41) is 0. The Hall–Kier alpha value is -1.37. The summed E-state index contributed by atoms with van der Waals surface area (Å²) < 4.78 is 0. The maximum Gasteiger partial charge on any atom is 0.159 e. The Kier molecular flexibility index (Phi) is 3.69. The first-order valence-electron chi connectivity index (χ1n) is 5.61. The lowest BCUT2D eigenvalue weighted by atomic mass is 9.87. The molecule has 0 atom stereocenters. The van der Waals surface area contributed by atoms with Gasteiger partial charge in [0.25, 0.3) is 0 Å². The highest BCUT2D eigenvalue weighted by atomic mass is 16.1. The van der Waals surface area contributed by atoms with Gasteiger partial charge < -0.3 is 0 Å². The van der Waals surface area contributed by atoms with Gasteiger partial charge in [0.05, 0.1) is 0 Å². The first-order chi connectivity index (χ1) is 7.40. The number of benzene rings is 1. The van der Waals surface area contributed by atoms with Crippen LogP contribution in [-0.4, -0.2) is 5.78 Å². The fraction of sp³-hybridized carbons (Fsp3) is 0.400. The summed E-state index contributed by atoms with van der Waals surface area (Å²) >= 11 is 0. The highest BCUT2D eigenvalue weighted by Gasteiger charge is 2.13. The van der Waals surface area contributed by atoms with Crippen molar-refractivity contribution in [2.75, 3.05) is 0 Å². The number of hydrogen-bond donors (Lipinski definition) is 0. The van der Waals surface area contributed by atoms with E-state index < -0.39 is 0 Å². The number of ketones is 1. The maximum atomic E-state index is 11.5. The van der Waals surface area contributed by atoms with Crippen molar-refractivity contribution in [3.8, 4) is 0 Å². The minimum absolute atomic E-state index is 0.0915. The second kappa shape index (κ2) is 4.65. The molecule has 0 bridgehead atoms. The Morgan fingerprint density at radius 2 is 1.31 bits per heavy atom. The highest BCUT2D eigenvalue weighted by molar-refractivity contribution is 5.91. The van der Waals surface area contributed by atoms with Crippen molar-refractivity contribution in [2.45, 2.75) is 41.0 Å². The number of hydrogen-bond acceptors (Lipinski definition) is 1. The summed E-state index contributed by atoms with van der Waals surface area (Å²) in [5.41, 5.74) is 7.60. The molecule has 1 nitrogen and oxygen atoms in total. The largest absolute Gasteiger partial charge is 0.295 e. The van der Waals surface area contributed by atoms with Gasteiger partial charge in [-0.15, -0.1) is 0 Å². The molecule has 1 rings (SSSR count). The monoisotopic (exact) mass is 216 g/mol. The van der Waals surface area contributed by atoms with Gasteiger partial charge in [-0.25, -0.2) is 0 Å². The van der Waals surface area contributed by atoms with Crippen LogP contribution >= 0.6 is 0 Å². The molecule has 0 saturated carbocycles. The standard InChI is InChI=1S/C15H20O/c1-7-14(16)8-15-12(5)10(3)9(2)11(4)13(15)6/h7H,1,8H2,2-6H3. The van der Waals surface area contributed by atoms with Crippen molar-refractivity contribution in [1.29, 1.82) is 0 Å². The molecular weight excluding hydrogens is 196 g/mol. The number of allylic oxidation sites excluding steroid dienone is 1. The van der Waals surface area contributed by atoms with Crippen molar-refractivity contribution in [3.63, 3.8) is 0 Å². The van der Waals surface area contributed by atoms with Crippen LogP contribution in [0.3, 0.4) is 0 Å². The average Bonchev–Trinajstić information content (AvgIpc) is 2.29. The molecule has 86 valence electrons. The number of rotatable bonds is 3. The van der Waals surface area contributed by atoms with Gasteiger partial charge in [0.15, 0.2) is 5.78 Å². The van der Waals surface area contributed by atoms with E-state index in [0.717, 1.165) is 0 Å². The molecule has 1 aromatic rings. The molecule has 0 radical (unpaired) electrons. The molecule has 16 heavy (non-hydrogen) atoms. The summed E-state index contributed by atoms with van der Waals surface area (Å²) in [6.07, 6.45) is 1.88. The van der Waals surface area contributed by atoms with Crippen LogP contribution in [0.25, 0.3) is 0 Å². The molecule has 0 fully saturated rings. The Morgan fingerprint density at radius 1 is 0.938 bits per heavy atom. The molecule has 0 unspecified atom stereocenters. The third-order valence-corrected chi connectivity index (χ3v) is 3.73. The minimum Gasteiger partial charge on any atom is -0.295 e. The van der Waals surface area contributed by atoms with Crippen molar-refractivity contribution >= 4 is 5.78 Å². The molecule has 0 amide bonds. The van der Waals surface area contributed by atoms with Crippen LogP contribution in [0, 0.1) is 34.6 Å². The smallest absolute Gasteiger partial charge is 0.159 e. The lowest BCUT2D eigenvalue weighted by Crippen LogP contribution is -2.07. The lowest BCUT2D eigenvalue weighted by molar-refractivity contribution is -0.114. The van der Waals surface area contributed by atoms with Crippen LogP contribution in [0.1, 0.15) is 33.4 Å². The molecule has 0 heterocycles. The zero-order valence-corrected chi connectivity index (χ0v) is 10.9. The molecule has 0 aliphatic heterocycles.